The van der Waals surface area contributed by atoms with Gasteiger partial charge in [-0.2, -0.15) is 0 Å². The number of furan rings is 1. The van der Waals surface area contributed by atoms with E-state index in [1.807, 2.05) is 43.5 Å². The standard InChI is InChI=1S/C18H19N3O2S/c1-12(16-10-13-4-2-3-5-15(13)23-16)20-17(22)11-24-18-19-8-9-21(18)14-6-7-14/h2-5,8-10,12,14H,6-7,11H2,1H3,(H,20,22)/t12-/m1/s1. The van der Waals surface area contributed by atoms with E-state index in [2.05, 4.69) is 14.9 Å². The predicted octanol–water partition coefficient (Wildman–Crippen LogP) is 3.93. The third-order valence-corrected chi connectivity index (χ3v) is 5.14. The highest BCUT2D eigenvalue weighted by molar-refractivity contribution is 7.99. The third-order valence-electron chi connectivity index (χ3n) is 4.15. The molecule has 0 unspecified atom stereocenters. The lowest BCUT2D eigenvalue weighted by atomic mass is 10.2. The van der Waals surface area contributed by atoms with E-state index in [0.717, 1.165) is 21.9 Å². The van der Waals surface area contributed by atoms with E-state index in [1.165, 1.54) is 24.6 Å². The molecule has 0 aliphatic heterocycles. The second-order valence-corrected chi connectivity index (χ2v) is 7.06. The van der Waals surface area contributed by atoms with E-state index in [1.54, 1.807) is 6.20 Å². The molecule has 0 saturated heterocycles. The van der Waals surface area contributed by atoms with Crippen LogP contribution in [0.4, 0.5) is 0 Å². The first-order valence-electron chi connectivity index (χ1n) is 8.14. The highest BCUT2D eigenvalue weighted by Crippen LogP contribution is 2.37. The van der Waals surface area contributed by atoms with Crippen molar-refractivity contribution in [3.05, 3.63) is 48.5 Å². The van der Waals surface area contributed by atoms with Gasteiger partial charge in [-0.25, -0.2) is 4.98 Å². The zero-order valence-electron chi connectivity index (χ0n) is 13.4. The van der Waals surface area contributed by atoms with Crippen LogP contribution in [0.3, 0.4) is 0 Å². The van der Waals surface area contributed by atoms with Crippen molar-refractivity contribution in [3.8, 4) is 0 Å². The molecular formula is C18H19N3O2S. The summed E-state index contributed by atoms with van der Waals surface area (Å²) in [6.45, 7) is 1.94. The molecule has 2 heterocycles. The predicted molar refractivity (Wildman–Crippen MR) is 94.0 cm³/mol. The molecule has 1 aliphatic rings. The zero-order valence-corrected chi connectivity index (χ0v) is 14.3. The maximum absolute atomic E-state index is 12.2. The molecule has 4 rings (SSSR count). The summed E-state index contributed by atoms with van der Waals surface area (Å²) >= 11 is 1.48. The number of nitrogens with zero attached hydrogens (tertiary/aromatic N) is 2. The number of aromatic nitrogens is 2. The van der Waals surface area contributed by atoms with Crippen LogP contribution in [-0.2, 0) is 4.79 Å². The molecule has 1 atom stereocenters. The first-order chi connectivity index (χ1) is 11.7. The van der Waals surface area contributed by atoms with E-state index in [0.29, 0.717) is 11.8 Å². The number of imidazole rings is 1. The molecule has 1 amide bonds. The number of carbonyl (C=O) groups is 1. The van der Waals surface area contributed by atoms with E-state index in [-0.39, 0.29) is 11.9 Å². The molecule has 24 heavy (non-hydrogen) atoms. The Bertz CT molecular complexity index is 833. The summed E-state index contributed by atoms with van der Waals surface area (Å²) in [6, 6.07) is 10.3. The van der Waals surface area contributed by atoms with Crippen molar-refractivity contribution in [2.45, 2.75) is 37.0 Å². The van der Waals surface area contributed by atoms with Crippen LogP contribution in [-0.4, -0.2) is 21.2 Å². The molecule has 1 saturated carbocycles. The minimum absolute atomic E-state index is 0.0155. The van der Waals surface area contributed by atoms with Crippen LogP contribution in [0.25, 0.3) is 11.0 Å². The van der Waals surface area contributed by atoms with Gasteiger partial charge in [0.05, 0.1) is 11.8 Å². The van der Waals surface area contributed by atoms with Crippen LogP contribution in [0.1, 0.15) is 37.6 Å². The highest BCUT2D eigenvalue weighted by atomic mass is 32.2. The Morgan fingerprint density at radius 3 is 3.08 bits per heavy atom. The Balaban J connectivity index is 1.35. The Morgan fingerprint density at radius 1 is 1.46 bits per heavy atom. The Kier molecular flexibility index (Phi) is 4.06. The largest absolute Gasteiger partial charge is 0.459 e. The second-order valence-electron chi connectivity index (χ2n) is 6.11. The highest BCUT2D eigenvalue weighted by Gasteiger charge is 2.25. The van der Waals surface area contributed by atoms with Gasteiger partial charge < -0.3 is 14.3 Å². The topological polar surface area (TPSA) is 60.1 Å². The number of thioether (sulfide) groups is 1. The van der Waals surface area contributed by atoms with Gasteiger partial charge in [0.2, 0.25) is 5.91 Å². The average Bonchev–Trinajstić information content (AvgIpc) is 3.16. The van der Waals surface area contributed by atoms with Crippen LogP contribution in [0.2, 0.25) is 0 Å². The summed E-state index contributed by atoms with van der Waals surface area (Å²) in [4.78, 5) is 16.6. The Morgan fingerprint density at radius 2 is 2.29 bits per heavy atom. The smallest absolute Gasteiger partial charge is 0.231 e. The quantitative estimate of drug-likeness (QED) is 0.690. The van der Waals surface area contributed by atoms with Gasteiger partial charge in [0.15, 0.2) is 5.16 Å². The molecule has 0 bridgehead atoms. The number of fused-ring (bicyclic) bond motifs is 1. The maximum atomic E-state index is 12.2. The average molecular weight is 341 g/mol. The molecule has 1 aliphatic carbocycles. The summed E-state index contributed by atoms with van der Waals surface area (Å²) < 4.78 is 7.97. The lowest BCUT2D eigenvalue weighted by Crippen LogP contribution is -2.28. The molecule has 3 aromatic rings. The normalized spacial score (nSPS) is 15.5. The molecule has 5 nitrogen and oxygen atoms in total. The van der Waals surface area contributed by atoms with Crippen molar-refractivity contribution in [1.29, 1.82) is 0 Å². The molecular weight excluding hydrogens is 322 g/mol. The minimum Gasteiger partial charge on any atom is -0.459 e. The fourth-order valence-corrected chi connectivity index (χ4v) is 3.58. The monoisotopic (exact) mass is 341 g/mol. The third kappa shape index (κ3) is 3.19. The van der Waals surface area contributed by atoms with Gasteiger partial charge in [-0.15, -0.1) is 0 Å². The van der Waals surface area contributed by atoms with Gasteiger partial charge in [0.1, 0.15) is 11.3 Å². The Labute approximate surface area is 144 Å². The van der Waals surface area contributed by atoms with Crippen molar-refractivity contribution < 1.29 is 9.21 Å². The number of rotatable bonds is 6. The Hall–Kier alpha value is -2.21. The molecule has 0 spiro atoms. The molecule has 2 aromatic heterocycles. The number of hydrogen-bond donors (Lipinski definition) is 1. The fraction of sp³-hybridized carbons (Fsp3) is 0.333. The van der Waals surface area contributed by atoms with E-state index in [9.17, 15) is 4.79 Å². The van der Waals surface area contributed by atoms with Gasteiger partial charge in [0.25, 0.3) is 0 Å². The molecule has 1 N–H and O–H groups in total. The number of nitrogens with one attached hydrogen (secondary N) is 1. The van der Waals surface area contributed by atoms with Crippen LogP contribution in [0.5, 0.6) is 0 Å². The number of hydrogen-bond acceptors (Lipinski definition) is 4. The lowest BCUT2D eigenvalue weighted by Gasteiger charge is -2.11. The van der Waals surface area contributed by atoms with E-state index < -0.39 is 0 Å². The van der Waals surface area contributed by atoms with E-state index >= 15 is 0 Å². The van der Waals surface area contributed by atoms with Crippen LogP contribution >= 0.6 is 11.8 Å². The lowest BCUT2D eigenvalue weighted by molar-refractivity contribution is -0.119. The van der Waals surface area contributed by atoms with Crippen molar-refractivity contribution >= 4 is 28.6 Å². The van der Waals surface area contributed by atoms with Gasteiger partial charge in [-0.3, -0.25) is 4.79 Å². The maximum Gasteiger partial charge on any atom is 0.231 e. The summed E-state index contributed by atoms with van der Waals surface area (Å²) in [5.41, 5.74) is 0.842. The summed E-state index contributed by atoms with van der Waals surface area (Å²) in [6.07, 6.45) is 6.21. The number of para-hydroxylation sites is 1. The summed E-state index contributed by atoms with van der Waals surface area (Å²) in [5.74, 6) is 1.11. The minimum atomic E-state index is -0.159. The first-order valence-corrected chi connectivity index (χ1v) is 9.13. The van der Waals surface area contributed by atoms with Gasteiger partial charge in [0, 0.05) is 23.8 Å². The molecule has 1 fully saturated rings. The fourth-order valence-electron chi connectivity index (χ4n) is 2.74. The van der Waals surface area contributed by atoms with Crippen molar-refractivity contribution in [2.75, 3.05) is 5.75 Å². The van der Waals surface area contributed by atoms with E-state index in [4.69, 9.17) is 4.42 Å². The van der Waals surface area contributed by atoms with Crippen LogP contribution < -0.4 is 5.32 Å². The van der Waals surface area contributed by atoms with Crippen molar-refractivity contribution in [1.82, 2.24) is 14.9 Å². The van der Waals surface area contributed by atoms with Crippen LogP contribution in [0.15, 0.2) is 52.3 Å². The van der Waals surface area contributed by atoms with Crippen LogP contribution in [0, 0.1) is 0 Å². The van der Waals surface area contributed by atoms with Crippen molar-refractivity contribution in [3.63, 3.8) is 0 Å². The zero-order chi connectivity index (χ0) is 16.5. The number of carbonyl (C=O) groups excluding carboxylic acids is 1. The molecule has 1 aromatic carbocycles. The first kappa shape index (κ1) is 15.3. The molecule has 0 radical (unpaired) electrons. The second kappa shape index (κ2) is 6.36. The molecule has 124 valence electrons. The molecule has 6 heteroatoms. The van der Waals surface area contributed by atoms with Gasteiger partial charge in [-0.1, -0.05) is 30.0 Å². The van der Waals surface area contributed by atoms with Crippen molar-refractivity contribution in [2.24, 2.45) is 0 Å². The summed E-state index contributed by atoms with van der Waals surface area (Å²) in [5, 5.41) is 4.96. The summed E-state index contributed by atoms with van der Waals surface area (Å²) in [7, 11) is 0. The SMILES string of the molecule is C[C@@H](NC(=O)CSc1nccn1C1CC1)c1cc2ccccc2o1. The number of benzene rings is 1. The number of amides is 1. The van der Waals surface area contributed by atoms with Gasteiger partial charge in [-0.05, 0) is 31.9 Å². The van der Waals surface area contributed by atoms with Gasteiger partial charge >= 0.3 is 0 Å².